The van der Waals surface area contributed by atoms with E-state index >= 15 is 0 Å². The molecule has 1 fully saturated rings. The minimum Gasteiger partial charge on any atom is -0.298 e. The molecule has 1 saturated carbocycles. The molecule has 3 heteroatoms. The molecule has 2 aromatic rings. The Morgan fingerprint density at radius 3 is 2.89 bits per heavy atom. The maximum absolute atomic E-state index is 12.1. The number of benzene rings is 1. The van der Waals surface area contributed by atoms with Crippen molar-refractivity contribution < 1.29 is 0 Å². The Morgan fingerprint density at radius 1 is 1.28 bits per heavy atom. The first-order chi connectivity index (χ1) is 8.75. The normalized spacial score (nSPS) is 24.5. The standard InChI is InChI=1S/C15H19NOS/c1-11-6-2-3-7-12(11)10-16-13-8-4-5-9-14(13)18-15(16)17/h4-5,8-9,11-12H,2-3,6-7,10H2,1H3. The van der Waals surface area contributed by atoms with Gasteiger partial charge in [0.2, 0.25) is 0 Å². The second-order valence-electron chi connectivity index (χ2n) is 5.47. The Morgan fingerprint density at radius 2 is 2.06 bits per heavy atom. The highest BCUT2D eigenvalue weighted by molar-refractivity contribution is 7.16. The van der Waals surface area contributed by atoms with Crippen molar-refractivity contribution in [3.8, 4) is 0 Å². The van der Waals surface area contributed by atoms with Crippen LogP contribution in [0.3, 0.4) is 0 Å². The van der Waals surface area contributed by atoms with Crippen LogP contribution in [0.1, 0.15) is 32.6 Å². The number of para-hydroxylation sites is 1. The Kier molecular flexibility index (Phi) is 3.25. The van der Waals surface area contributed by atoms with Crippen molar-refractivity contribution in [3.05, 3.63) is 33.9 Å². The van der Waals surface area contributed by atoms with Crippen LogP contribution in [0.25, 0.3) is 10.2 Å². The number of hydrogen-bond donors (Lipinski definition) is 0. The van der Waals surface area contributed by atoms with Gasteiger partial charge in [-0.2, -0.15) is 0 Å². The van der Waals surface area contributed by atoms with Crippen LogP contribution in [0.2, 0.25) is 0 Å². The van der Waals surface area contributed by atoms with Gasteiger partial charge in [0.15, 0.2) is 0 Å². The Labute approximate surface area is 111 Å². The molecular formula is C15H19NOS. The van der Waals surface area contributed by atoms with Crippen LogP contribution in [-0.2, 0) is 6.54 Å². The third-order valence-electron chi connectivity index (χ3n) is 4.28. The zero-order chi connectivity index (χ0) is 12.5. The molecule has 1 aromatic heterocycles. The van der Waals surface area contributed by atoms with Crippen LogP contribution in [-0.4, -0.2) is 4.57 Å². The molecule has 18 heavy (non-hydrogen) atoms. The summed E-state index contributed by atoms with van der Waals surface area (Å²) in [5, 5.41) is 0. The summed E-state index contributed by atoms with van der Waals surface area (Å²) in [6, 6.07) is 8.14. The molecule has 3 rings (SSSR count). The highest BCUT2D eigenvalue weighted by Gasteiger charge is 2.22. The third kappa shape index (κ3) is 2.12. The van der Waals surface area contributed by atoms with Crippen LogP contribution < -0.4 is 4.87 Å². The number of thiazole rings is 1. The lowest BCUT2D eigenvalue weighted by Crippen LogP contribution is -2.25. The number of nitrogens with zero attached hydrogens (tertiary/aromatic N) is 1. The lowest BCUT2D eigenvalue weighted by molar-refractivity contribution is 0.229. The first kappa shape index (κ1) is 12.0. The first-order valence-electron chi connectivity index (χ1n) is 6.84. The number of rotatable bonds is 2. The van der Waals surface area contributed by atoms with Gasteiger partial charge in [-0.25, -0.2) is 0 Å². The van der Waals surface area contributed by atoms with Crippen molar-refractivity contribution in [1.82, 2.24) is 4.57 Å². The molecule has 0 saturated heterocycles. The van der Waals surface area contributed by atoms with E-state index in [2.05, 4.69) is 13.0 Å². The third-order valence-corrected chi connectivity index (χ3v) is 5.24. The van der Waals surface area contributed by atoms with Gasteiger partial charge in [0.05, 0.1) is 10.2 Å². The van der Waals surface area contributed by atoms with E-state index in [1.165, 1.54) is 37.0 Å². The zero-order valence-corrected chi connectivity index (χ0v) is 11.6. The second-order valence-corrected chi connectivity index (χ2v) is 6.46. The van der Waals surface area contributed by atoms with Crippen molar-refractivity contribution in [2.24, 2.45) is 11.8 Å². The lowest BCUT2D eigenvalue weighted by atomic mass is 9.80. The Balaban J connectivity index is 1.94. The summed E-state index contributed by atoms with van der Waals surface area (Å²) in [6.45, 7) is 3.24. The monoisotopic (exact) mass is 261 g/mol. The molecule has 0 spiro atoms. The van der Waals surface area contributed by atoms with Gasteiger partial charge in [0.1, 0.15) is 0 Å². The molecule has 1 aromatic carbocycles. The fraction of sp³-hybridized carbons (Fsp3) is 0.533. The molecule has 1 aliphatic carbocycles. The summed E-state index contributed by atoms with van der Waals surface area (Å²) in [7, 11) is 0. The number of aromatic nitrogens is 1. The number of fused-ring (bicyclic) bond motifs is 1. The topological polar surface area (TPSA) is 22.0 Å². The molecule has 2 nitrogen and oxygen atoms in total. The predicted octanol–water partition coefficient (Wildman–Crippen LogP) is 3.89. The number of hydrogen-bond acceptors (Lipinski definition) is 2. The molecule has 0 amide bonds. The molecule has 0 N–H and O–H groups in total. The van der Waals surface area contributed by atoms with Gasteiger partial charge in [-0.1, -0.05) is 49.7 Å². The molecule has 0 aliphatic heterocycles. The van der Waals surface area contributed by atoms with Gasteiger partial charge < -0.3 is 0 Å². The molecule has 2 atom stereocenters. The zero-order valence-electron chi connectivity index (χ0n) is 10.8. The van der Waals surface area contributed by atoms with E-state index in [1.54, 1.807) is 0 Å². The van der Waals surface area contributed by atoms with Crippen molar-refractivity contribution in [1.29, 1.82) is 0 Å². The predicted molar refractivity (Wildman–Crippen MR) is 77.2 cm³/mol. The van der Waals surface area contributed by atoms with E-state index < -0.39 is 0 Å². The van der Waals surface area contributed by atoms with E-state index in [9.17, 15) is 4.79 Å². The van der Waals surface area contributed by atoms with E-state index in [-0.39, 0.29) is 4.87 Å². The molecule has 1 heterocycles. The van der Waals surface area contributed by atoms with Crippen LogP contribution in [0.5, 0.6) is 0 Å². The van der Waals surface area contributed by atoms with Crippen molar-refractivity contribution in [2.75, 3.05) is 0 Å². The van der Waals surface area contributed by atoms with E-state index in [4.69, 9.17) is 0 Å². The first-order valence-corrected chi connectivity index (χ1v) is 7.66. The van der Waals surface area contributed by atoms with Gasteiger partial charge in [-0.3, -0.25) is 9.36 Å². The molecular weight excluding hydrogens is 242 g/mol. The fourth-order valence-corrected chi connectivity index (χ4v) is 3.99. The molecule has 0 radical (unpaired) electrons. The Hall–Kier alpha value is -1.09. The fourth-order valence-electron chi connectivity index (χ4n) is 3.09. The highest BCUT2D eigenvalue weighted by atomic mass is 32.1. The summed E-state index contributed by atoms with van der Waals surface area (Å²) in [5.74, 6) is 1.43. The molecule has 0 bridgehead atoms. The van der Waals surface area contributed by atoms with Crippen LogP contribution in [0, 0.1) is 11.8 Å². The highest BCUT2D eigenvalue weighted by Crippen LogP contribution is 2.31. The van der Waals surface area contributed by atoms with Crippen LogP contribution in [0.15, 0.2) is 29.1 Å². The minimum absolute atomic E-state index is 0.203. The summed E-state index contributed by atoms with van der Waals surface area (Å²) < 4.78 is 3.11. The van der Waals surface area contributed by atoms with E-state index in [0.717, 1.165) is 22.7 Å². The molecule has 2 unspecified atom stereocenters. The maximum atomic E-state index is 12.1. The molecule has 1 aliphatic rings. The van der Waals surface area contributed by atoms with Crippen molar-refractivity contribution in [3.63, 3.8) is 0 Å². The van der Waals surface area contributed by atoms with Gasteiger partial charge in [0.25, 0.3) is 0 Å². The van der Waals surface area contributed by atoms with Gasteiger partial charge in [-0.05, 0) is 30.4 Å². The molecule has 96 valence electrons. The van der Waals surface area contributed by atoms with E-state index in [1.807, 2.05) is 22.8 Å². The quantitative estimate of drug-likeness (QED) is 0.804. The lowest BCUT2D eigenvalue weighted by Gasteiger charge is -2.28. The van der Waals surface area contributed by atoms with Crippen LogP contribution in [0.4, 0.5) is 0 Å². The smallest absolute Gasteiger partial charge is 0.298 e. The average Bonchev–Trinajstić information content (AvgIpc) is 2.69. The minimum atomic E-state index is 0.203. The van der Waals surface area contributed by atoms with Crippen LogP contribution >= 0.6 is 11.3 Å². The van der Waals surface area contributed by atoms with Gasteiger partial charge in [0, 0.05) is 6.54 Å². The Bertz CT molecular complexity index is 598. The second kappa shape index (κ2) is 4.88. The SMILES string of the molecule is CC1CCCCC1Cn1c(=O)sc2ccccc21. The maximum Gasteiger partial charge on any atom is 0.308 e. The summed E-state index contributed by atoms with van der Waals surface area (Å²) in [4.78, 5) is 12.3. The largest absolute Gasteiger partial charge is 0.308 e. The van der Waals surface area contributed by atoms with Crippen molar-refractivity contribution >= 4 is 21.6 Å². The van der Waals surface area contributed by atoms with E-state index in [0.29, 0.717) is 5.92 Å². The summed E-state index contributed by atoms with van der Waals surface area (Å²) in [6.07, 6.45) is 5.28. The van der Waals surface area contributed by atoms with Gasteiger partial charge in [-0.15, -0.1) is 0 Å². The summed E-state index contributed by atoms with van der Waals surface area (Å²) >= 11 is 1.38. The van der Waals surface area contributed by atoms with Crippen molar-refractivity contribution in [2.45, 2.75) is 39.2 Å². The average molecular weight is 261 g/mol. The summed E-state index contributed by atoms with van der Waals surface area (Å²) in [5.41, 5.74) is 1.12. The van der Waals surface area contributed by atoms with Gasteiger partial charge >= 0.3 is 4.87 Å².